The molecule has 2 rings (SSSR count). The van der Waals surface area contributed by atoms with Crippen LogP contribution in [-0.2, 0) is 16.1 Å². The van der Waals surface area contributed by atoms with Crippen LogP contribution >= 0.6 is 0 Å². The molecule has 1 saturated heterocycles. The van der Waals surface area contributed by atoms with Crippen molar-refractivity contribution in [2.45, 2.75) is 25.4 Å². The quantitative estimate of drug-likeness (QED) is 0.306. The number of azide groups is 2. The number of benzene rings is 1. The van der Waals surface area contributed by atoms with Crippen molar-refractivity contribution in [2.24, 2.45) is 10.2 Å². The minimum Gasteiger partial charge on any atom is -0.468 e. The lowest BCUT2D eigenvalue weighted by atomic mass is 10.0. The van der Waals surface area contributed by atoms with Gasteiger partial charge in [0, 0.05) is 40.2 Å². The van der Waals surface area contributed by atoms with Gasteiger partial charge >= 0.3 is 5.97 Å². The number of ether oxygens (including phenoxy) is 1. The lowest BCUT2D eigenvalue weighted by molar-refractivity contribution is -0.142. The van der Waals surface area contributed by atoms with Crippen molar-refractivity contribution >= 4 is 17.6 Å². The van der Waals surface area contributed by atoms with Gasteiger partial charge in [0.1, 0.15) is 0 Å². The summed E-state index contributed by atoms with van der Waals surface area (Å²) in [6.07, 6.45) is 1.47. The number of rotatable bonds is 7. The maximum Gasteiger partial charge on any atom is 0.319 e. The van der Waals surface area contributed by atoms with Crippen molar-refractivity contribution < 1.29 is 14.3 Å². The summed E-state index contributed by atoms with van der Waals surface area (Å²) in [6, 6.07) is 4.94. The molecule has 1 aliphatic heterocycles. The van der Waals surface area contributed by atoms with Gasteiger partial charge in [-0.3, -0.25) is 14.5 Å². The van der Waals surface area contributed by atoms with Gasteiger partial charge in [-0.15, -0.1) is 0 Å². The molecule has 11 nitrogen and oxygen atoms in total. The average Bonchev–Trinajstić information content (AvgIpc) is 2.71. The molecule has 28 heavy (non-hydrogen) atoms. The molecule has 0 unspecified atom stereocenters. The van der Waals surface area contributed by atoms with Crippen LogP contribution in [0.25, 0.3) is 20.9 Å². The molecular formula is C17H22N8O3. The zero-order valence-electron chi connectivity index (χ0n) is 15.9. The van der Waals surface area contributed by atoms with Gasteiger partial charge in [-0.25, -0.2) is 0 Å². The van der Waals surface area contributed by atoms with Crippen molar-refractivity contribution in [1.82, 2.24) is 9.80 Å². The molecule has 0 bridgehead atoms. The van der Waals surface area contributed by atoms with E-state index in [1.54, 1.807) is 17.0 Å². The van der Waals surface area contributed by atoms with Gasteiger partial charge in [-0.1, -0.05) is 10.2 Å². The molecule has 0 spiro atoms. The Morgan fingerprint density at radius 2 is 1.96 bits per heavy atom. The third-order valence-corrected chi connectivity index (χ3v) is 4.68. The van der Waals surface area contributed by atoms with E-state index in [4.69, 9.17) is 11.1 Å². The summed E-state index contributed by atoms with van der Waals surface area (Å²) in [6.45, 7) is 1.37. The molecule has 0 aromatic heterocycles. The minimum absolute atomic E-state index is 0.0615. The zero-order chi connectivity index (χ0) is 20.5. The number of likely N-dealkylation sites (N-methyl/N-ethyl adjacent to an activating group) is 1. The first kappa shape index (κ1) is 21.0. The van der Waals surface area contributed by atoms with E-state index in [2.05, 4.69) is 24.8 Å². The molecule has 0 N–H and O–H groups in total. The van der Waals surface area contributed by atoms with E-state index in [1.165, 1.54) is 13.2 Å². The molecule has 1 fully saturated rings. The number of methoxy groups -OCH3 is 1. The number of hydrogen-bond acceptors (Lipinski definition) is 6. The summed E-state index contributed by atoms with van der Waals surface area (Å²) >= 11 is 0. The lowest BCUT2D eigenvalue weighted by Crippen LogP contribution is -2.46. The Hall–Kier alpha value is -3.26. The Kier molecular flexibility index (Phi) is 7.65. The lowest BCUT2D eigenvalue weighted by Gasteiger charge is -2.36. The van der Waals surface area contributed by atoms with Crippen LogP contribution < -0.4 is 0 Å². The van der Waals surface area contributed by atoms with Crippen LogP contribution in [0.2, 0.25) is 0 Å². The standard InChI is InChI=1S/C17H22N8O3/c1-24(11-16(26)28-2)15-3-5-25(6-4-15)17(27)13-7-12(10-20-22-18)8-14(9-13)21-23-19/h7-9,15H,3-6,10-11H2,1-2H3. The number of carbonyl (C=O) groups is 2. The van der Waals surface area contributed by atoms with Crippen LogP contribution in [-0.4, -0.2) is 61.5 Å². The van der Waals surface area contributed by atoms with Crippen LogP contribution in [0.4, 0.5) is 5.69 Å². The first-order valence-corrected chi connectivity index (χ1v) is 8.74. The molecule has 11 heteroatoms. The zero-order valence-corrected chi connectivity index (χ0v) is 15.9. The summed E-state index contributed by atoms with van der Waals surface area (Å²) in [5.41, 5.74) is 18.4. The average molecular weight is 386 g/mol. The molecule has 0 radical (unpaired) electrons. The van der Waals surface area contributed by atoms with Crippen molar-refractivity contribution in [1.29, 1.82) is 0 Å². The Labute approximate surface area is 162 Å². The van der Waals surface area contributed by atoms with E-state index in [0.29, 0.717) is 29.9 Å². The number of nitrogens with zero attached hydrogens (tertiary/aromatic N) is 8. The van der Waals surface area contributed by atoms with Gasteiger partial charge in [0.25, 0.3) is 5.91 Å². The van der Waals surface area contributed by atoms with E-state index >= 15 is 0 Å². The fourth-order valence-corrected chi connectivity index (χ4v) is 3.20. The van der Waals surface area contributed by atoms with Crippen LogP contribution in [0.3, 0.4) is 0 Å². The van der Waals surface area contributed by atoms with Crippen LogP contribution in [0.1, 0.15) is 28.8 Å². The molecule has 1 heterocycles. The highest BCUT2D eigenvalue weighted by molar-refractivity contribution is 5.95. The van der Waals surface area contributed by atoms with E-state index in [-0.39, 0.29) is 31.0 Å². The highest BCUT2D eigenvalue weighted by Crippen LogP contribution is 2.23. The predicted molar refractivity (Wildman–Crippen MR) is 102 cm³/mol. The SMILES string of the molecule is COC(=O)CN(C)C1CCN(C(=O)c2cc(CN=[N+]=[N-])cc(N=[N+]=[N-])c2)CC1. The first-order valence-electron chi connectivity index (χ1n) is 8.74. The van der Waals surface area contributed by atoms with Gasteiger partial charge in [0.2, 0.25) is 0 Å². The van der Waals surface area contributed by atoms with Crippen LogP contribution in [0, 0.1) is 0 Å². The van der Waals surface area contributed by atoms with Crippen molar-refractivity contribution in [3.8, 4) is 0 Å². The summed E-state index contributed by atoms with van der Waals surface area (Å²) in [7, 11) is 3.22. The number of piperidine rings is 1. The Morgan fingerprint density at radius 1 is 1.25 bits per heavy atom. The minimum atomic E-state index is -0.288. The number of esters is 1. The number of hydrogen-bond donors (Lipinski definition) is 0. The molecule has 0 atom stereocenters. The van der Waals surface area contributed by atoms with E-state index in [9.17, 15) is 9.59 Å². The van der Waals surface area contributed by atoms with Crippen molar-refractivity contribution in [2.75, 3.05) is 33.8 Å². The molecular weight excluding hydrogens is 364 g/mol. The Balaban J connectivity index is 2.08. The molecule has 1 aliphatic rings. The molecule has 1 aromatic carbocycles. The maximum absolute atomic E-state index is 12.9. The second kappa shape index (κ2) is 10.2. The van der Waals surface area contributed by atoms with Crippen molar-refractivity contribution in [3.63, 3.8) is 0 Å². The third kappa shape index (κ3) is 5.62. The first-order chi connectivity index (χ1) is 13.5. The summed E-state index contributed by atoms with van der Waals surface area (Å²) in [4.78, 5) is 33.4. The highest BCUT2D eigenvalue weighted by atomic mass is 16.5. The smallest absolute Gasteiger partial charge is 0.319 e. The Bertz CT molecular complexity index is 822. The van der Waals surface area contributed by atoms with E-state index in [0.717, 1.165) is 12.8 Å². The largest absolute Gasteiger partial charge is 0.468 e. The highest BCUT2D eigenvalue weighted by Gasteiger charge is 2.27. The van der Waals surface area contributed by atoms with Gasteiger partial charge in [-0.05, 0) is 54.7 Å². The summed E-state index contributed by atoms with van der Waals surface area (Å²) < 4.78 is 4.69. The molecule has 1 aromatic rings. The molecule has 0 saturated carbocycles. The molecule has 0 aliphatic carbocycles. The topological polar surface area (TPSA) is 147 Å². The Morgan fingerprint density at radius 3 is 2.57 bits per heavy atom. The summed E-state index contributed by atoms with van der Waals surface area (Å²) in [5.74, 6) is -0.463. The summed E-state index contributed by atoms with van der Waals surface area (Å²) in [5, 5.41) is 7.05. The molecule has 1 amide bonds. The number of likely N-dealkylation sites (tertiary alicyclic amines) is 1. The van der Waals surface area contributed by atoms with E-state index < -0.39 is 0 Å². The van der Waals surface area contributed by atoms with Crippen LogP contribution in [0.15, 0.2) is 28.4 Å². The normalized spacial score (nSPS) is 14.2. The van der Waals surface area contributed by atoms with E-state index in [1.807, 2.05) is 11.9 Å². The fraction of sp³-hybridized carbons (Fsp3) is 0.529. The third-order valence-electron chi connectivity index (χ3n) is 4.68. The van der Waals surface area contributed by atoms with Crippen LogP contribution in [0.5, 0.6) is 0 Å². The number of amides is 1. The van der Waals surface area contributed by atoms with Crippen molar-refractivity contribution in [3.05, 3.63) is 50.2 Å². The fourth-order valence-electron chi connectivity index (χ4n) is 3.20. The van der Waals surface area contributed by atoms with Gasteiger partial charge < -0.3 is 9.64 Å². The maximum atomic E-state index is 12.9. The second-order valence-corrected chi connectivity index (χ2v) is 6.48. The monoisotopic (exact) mass is 386 g/mol. The van der Waals surface area contributed by atoms with Gasteiger partial charge in [0.05, 0.1) is 20.2 Å². The number of carbonyl (C=O) groups excluding carboxylic acids is 2. The van der Waals surface area contributed by atoms with Gasteiger partial charge in [0.15, 0.2) is 0 Å². The predicted octanol–water partition coefficient (Wildman–Crippen LogP) is 3.15. The van der Waals surface area contributed by atoms with Gasteiger partial charge in [-0.2, -0.15) is 0 Å². The second-order valence-electron chi connectivity index (χ2n) is 6.48. The molecule has 148 valence electrons.